The molecule has 47 heteroatoms. The quantitative estimate of drug-likeness (QED) is 0.0107. The zero-order chi connectivity index (χ0) is 105. The van der Waals surface area contributed by atoms with Gasteiger partial charge in [0.2, 0.25) is 33.7 Å². The minimum atomic E-state index is -0.666. The van der Waals surface area contributed by atoms with E-state index in [9.17, 15) is 41.1 Å². The molecule has 4 aliphatic rings. The van der Waals surface area contributed by atoms with Crippen LogP contribution >= 0.6 is 104 Å². The number of nitrogens with two attached hydrogens (primary N) is 2. The van der Waals surface area contributed by atoms with Crippen LogP contribution in [0.25, 0.3) is 0 Å². The minimum Gasteiger partial charge on any atom is -0.490 e. The van der Waals surface area contributed by atoms with Gasteiger partial charge in [0.05, 0.1) is 73.4 Å². The normalized spacial score (nSPS) is 12.1. The number of amides is 3. The van der Waals surface area contributed by atoms with Crippen molar-refractivity contribution in [2.45, 2.75) is 52.7 Å². The number of hydrogen-bond acceptors (Lipinski definition) is 30. The molecule has 145 heavy (non-hydrogen) atoms. The number of anilines is 20. The lowest BCUT2D eigenvalue weighted by Gasteiger charge is -2.31. The molecule has 0 saturated heterocycles. The van der Waals surface area contributed by atoms with E-state index in [1.165, 1.54) is 11.0 Å². The van der Waals surface area contributed by atoms with Crippen LogP contribution in [0.5, 0.6) is 23.0 Å². The van der Waals surface area contributed by atoms with E-state index in [4.69, 9.17) is 144 Å². The van der Waals surface area contributed by atoms with Gasteiger partial charge < -0.3 is 87.3 Å². The monoisotopic (exact) mass is 2160 g/mol. The van der Waals surface area contributed by atoms with Crippen molar-refractivity contribution in [2.75, 3.05) is 121 Å². The number of allylic oxidation sites excluding steroid dienone is 1. The summed E-state index contributed by atoms with van der Waals surface area (Å²) < 4.78 is 101. The second-order valence-corrected chi connectivity index (χ2v) is 35.4. The summed E-state index contributed by atoms with van der Waals surface area (Å²) in [5, 5.41) is 25.8. The third kappa shape index (κ3) is 35.2. The molecule has 9 aromatic carbocycles. The van der Waals surface area contributed by atoms with E-state index in [2.05, 4.69) is 106 Å². The molecule has 5 aromatic heterocycles. The van der Waals surface area contributed by atoms with E-state index >= 15 is 0 Å². The molecule has 0 radical (unpaired) electrons. The van der Waals surface area contributed by atoms with E-state index in [1.807, 2.05) is 65.8 Å². The Kier molecular flexibility index (Phi) is 40.2. The SMILES string of the molecule is C=CC(=O)Cl.C=CC(=O)N1CCOc2ccc(Nc3ncc(F)c(Nc4cccc(Cl)c4)n3)cc21.CC(C)(C)OC(=O)N1CCOc2ccc(N)cc21.CC(C)(C)OC(=O)N1CCOc2ccc(Nc3ncc(F)c(Nc4cccc(Cl)c4)n3)cc21.Fc1cnc(Cl)nc1Cl.Fc1cnc(Cl)nc1Nc1cccc(Cl)c1.Fc1cnc(Nc2ccc3c(c2)NCCO3)nc1Nc1cccc(Cl)c1.Nc1cccc(Cl)c1. The van der Waals surface area contributed by atoms with Crippen molar-refractivity contribution in [1.29, 1.82) is 0 Å². The molecule has 12 N–H and O–H groups in total. The summed E-state index contributed by atoms with van der Waals surface area (Å²) in [5.41, 5.74) is 18.4. The highest BCUT2D eigenvalue weighted by molar-refractivity contribution is 6.66. The predicted molar refractivity (Wildman–Crippen MR) is 561 cm³/mol. The van der Waals surface area contributed by atoms with Gasteiger partial charge in [0.1, 0.15) is 60.6 Å². The Balaban J connectivity index is 0.000000166. The zero-order valence-electron chi connectivity index (χ0n) is 77.4. The number of nitrogens with zero attached hydrogens (tertiary/aromatic N) is 13. The molecule has 0 saturated carbocycles. The van der Waals surface area contributed by atoms with Crippen LogP contribution < -0.4 is 87.6 Å². The van der Waals surface area contributed by atoms with Crippen molar-refractivity contribution in [3.8, 4) is 23.0 Å². The van der Waals surface area contributed by atoms with Crippen molar-refractivity contribution < 1.29 is 69.6 Å². The number of carbonyl (C=O) groups is 4. The molecule has 0 bridgehead atoms. The van der Waals surface area contributed by atoms with Gasteiger partial charge in [0.25, 0.3) is 5.91 Å². The van der Waals surface area contributed by atoms with Gasteiger partial charge in [-0.2, -0.15) is 19.9 Å². The number of aromatic nitrogens is 10. The van der Waals surface area contributed by atoms with Gasteiger partial charge in [-0.25, -0.2) is 61.4 Å². The average molecular weight is 2160 g/mol. The fraction of sp³-hybridized carbons (Fsp3) is 0.163. The second-order valence-electron chi connectivity index (χ2n) is 31.8. The summed E-state index contributed by atoms with van der Waals surface area (Å²) in [4.78, 5) is 89.5. The molecule has 33 nitrogen and oxygen atoms in total. The molecule has 0 atom stereocenters. The molecule has 0 spiro atoms. The highest BCUT2D eigenvalue weighted by atomic mass is 35.5. The van der Waals surface area contributed by atoms with Gasteiger partial charge in [-0.1, -0.05) is 113 Å². The summed E-state index contributed by atoms with van der Waals surface area (Å²) in [6.45, 7) is 21.4. The number of carbonyl (C=O) groups excluding carboxylic acids is 4. The van der Waals surface area contributed by atoms with Crippen LogP contribution in [0, 0.1) is 29.1 Å². The molecule has 754 valence electrons. The lowest BCUT2D eigenvalue weighted by molar-refractivity contribution is -0.114. The van der Waals surface area contributed by atoms with Crippen LogP contribution in [0.2, 0.25) is 40.8 Å². The molecule has 18 rings (SSSR count). The summed E-state index contributed by atoms with van der Waals surface area (Å²) >= 11 is 50.0. The van der Waals surface area contributed by atoms with Crippen molar-refractivity contribution in [3.05, 3.63) is 320 Å². The Bertz CT molecular complexity index is 6920. The van der Waals surface area contributed by atoms with Gasteiger partial charge in [-0.15, -0.1) is 0 Å². The zero-order valence-corrected chi connectivity index (χ0v) is 84.2. The van der Waals surface area contributed by atoms with E-state index in [-0.39, 0.29) is 68.8 Å². The Morgan fingerprint density at radius 2 is 0.703 bits per heavy atom. The third-order valence-corrected chi connectivity index (χ3v) is 20.5. The number of halogens is 14. The average Bonchev–Trinajstić information content (AvgIpc) is 0.894. The highest BCUT2D eigenvalue weighted by Gasteiger charge is 2.32. The van der Waals surface area contributed by atoms with Crippen LogP contribution in [0.15, 0.2) is 250 Å². The standard InChI is InChI=1S/C23H23ClFN5O3.C21H17ClFN5O2.C18H15ClFN5O.C13H18N2O3.C10H6Cl2FN3.C6H6ClN.C4HCl2FN2.C3H3ClO/c1-23(2,3)33-22(31)30-9-10-32-19-8-7-16(12-18(19)30)28-21-26-13-17(25)20(29-21)27-15-6-4-5-14(24)11-15;1-2-19(29)28-8-9-30-18-7-6-15(11-17(18)28)26-21-24-12-16(23)20(27-21)25-14-5-3-4-13(22)10-14;19-11-2-1-3-12(8-11)23-17-14(20)10-22-18(25-17)24-13-4-5-16-15(9-13)21-6-7-26-16;1-13(2,3)18-12(16)15-6-7-17-11-5-4-9(14)8-10(11)15;11-6-2-1-3-7(4-6)15-9-8(13)5-14-10(12)16-9;7-5-2-1-3-6(8)4-5;5-3-2(7)1-8-4(6)9-3;1-2-3(4)5/h4-8,11-13H,9-10H2,1-3H3,(H2,26,27,28,29);2-7,10-12H,1,8-9H2,(H2,24,25,26,27);1-5,8-10,21H,6-7H2,(H2,22,23,24,25);4-5,8H,6-7,14H2,1-3H3;1-5H,(H,14,15,16);1-4H,8H2;1H;2H,1H2. The van der Waals surface area contributed by atoms with Crippen LogP contribution in [-0.4, -0.2) is 137 Å². The molecule has 4 aliphatic heterocycles. The summed E-state index contributed by atoms with van der Waals surface area (Å²) in [6.07, 6.45) is 6.62. The topological polar surface area (TPSA) is 411 Å². The van der Waals surface area contributed by atoms with E-state index in [1.54, 1.807) is 180 Å². The fourth-order valence-electron chi connectivity index (χ4n) is 12.4. The van der Waals surface area contributed by atoms with Crippen molar-refractivity contribution in [1.82, 2.24) is 49.8 Å². The van der Waals surface area contributed by atoms with Gasteiger partial charge in [0, 0.05) is 82.8 Å². The van der Waals surface area contributed by atoms with Crippen LogP contribution in [0.3, 0.4) is 0 Å². The maximum atomic E-state index is 14.3. The van der Waals surface area contributed by atoms with Gasteiger partial charge >= 0.3 is 12.2 Å². The maximum Gasteiger partial charge on any atom is 0.415 e. The van der Waals surface area contributed by atoms with E-state index < -0.39 is 51.6 Å². The smallest absolute Gasteiger partial charge is 0.415 e. The molecule has 0 unspecified atom stereocenters. The highest BCUT2D eigenvalue weighted by Crippen LogP contribution is 2.41. The first kappa shape index (κ1) is 110. The van der Waals surface area contributed by atoms with Gasteiger partial charge in [0.15, 0.2) is 57.5 Å². The molecule has 3 amide bonds. The Morgan fingerprint density at radius 1 is 0.379 bits per heavy atom. The molecule has 0 fully saturated rings. The lowest BCUT2D eigenvalue weighted by Crippen LogP contribution is -2.41. The molecular weight excluding hydrogens is 2070 g/mol. The first-order valence-electron chi connectivity index (χ1n) is 43.0. The maximum absolute atomic E-state index is 14.3. The van der Waals surface area contributed by atoms with Crippen LogP contribution in [-0.2, 0) is 19.1 Å². The van der Waals surface area contributed by atoms with E-state index in [0.717, 1.165) is 60.7 Å². The largest absolute Gasteiger partial charge is 0.490 e. The number of rotatable bonds is 16. The first-order chi connectivity index (χ1) is 69.1. The summed E-state index contributed by atoms with van der Waals surface area (Å²) in [7, 11) is 0. The first-order valence-corrected chi connectivity index (χ1v) is 46.4. The fourth-order valence-corrected chi connectivity index (χ4v) is 13.8. The molecule has 14 aromatic rings. The Morgan fingerprint density at radius 3 is 1.07 bits per heavy atom. The van der Waals surface area contributed by atoms with Crippen molar-refractivity contribution in [2.24, 2.45) is 0 Å². The van der Waals surface area contributed by atoms with Crippen molar-refractivity contribution in [3.63, 3.8) is 0 Å². The number of nitrogens with one attached hydrogen (secondary N) is 8. The van der Waals surface area contributed by atoms with Crippen molar-refractivity contribution >= 4 is 243 Å². The number of hydrogen-bond donors (Lipinski definition) is 10. The predicted octanol–water partition coefficient (Wildman–Crippen LogP) is 26.0. The lowest BCUT2D eigenvalue weighted by atomic mass is 10.2. The van der Waals surface area contributed by atoms with Crippen LogP contribution in [0.4, 0.5) is 147 Å². The Hall–Kier alpha value is -15.0. The summed E-state index contributed by atoms with van der Waals surface area (Å²) in [5.74, 6) is 0.0326. The van der Waals surface area contributed by atoms with Crippen LogP contribution in [0.1, 0.15) is 41.5 Å². The number of benzene rings is 9. The third-order valence-electron chi connectivity index (χ3n) is 18.6. The molecule has 9 heterocycles. The minimum absolute atomic E-state index is 0.000443. The van der Waals surface area contributed by atoms with Gasteiger partial charge in [-0.3, -0.25) is 19.4 Å². The number of ether oxygens (including phenoxy) is 6. The molecular formula is C98H89Cl9F5N23O10. The van der Waals surface area contributed by atoms with Gasteiger partial charge in [-0.05, 0) is 252 Å². The van der Waals surface area contributed by atoms with E-state index in [0.29, 0.717) is 151 Å². The number of nitrogen functional groups attached to an aromatic ring is 2. The summed E-state index contributed by atoms with van der Waals surface area (Å²) in [6, 6.07) is 56.0. The number of fused-ring (bicyclic) bond motifs is 4. The Labute approximate surface area is 873 Å². The second kappa shape index (κ2) is 52.8. The molecule has 0 aliphatic carbocycles.